The van der Waals surface area contributed by atoms with Crippen LogP contribution in [-0.4, -0.2) is 44.9 Å². The summed E-state index contributed by atoms with van der Waals surface area (Å²) in [5, 5.41) is 14.5. The standard InChI is InChI=1S/C37H34F2N4O4S/c1-21(36(46)47)42-34(44)30(43-35(45)31-15-16-32(48-31)37(2,3)4)17-22-5-7-25(8-6-22)33-40-19-26(20-41-33)23-9-11-24(12-10-23)28-14-13-27(38)18-29(28)39/h5-16,18-21,30H,17H2,1-4H3,(H,42,44)(H,43,45)(H,46,47)/t21-,30+/m1/s1. The predicted molar refractivity (Wildman–Crippen MR) is 181 cm³/mol. The first-order chi connectivity index (χ1) is 22.8. The lowest BCUT2D eigenvalue weighted by Gasteiger charge is -2.20. The summed E-state index contributed by atoms with van der Waals surface area (Å²) in [5.41, 5.74) is 3.82. The summed E-state index contributed by atoms with van der Waals surface area (Å²) in [6, 6.07) is 19.3. The van der Waals surface area contributed by atoms with E-state index in [1.165, 1.54) is 30.4 Å². The third-order valence-corrected chi connectivity index (χ3v) is 9.19. The number of amides is 2. The van der Waals surface area contributed by atoms with E-state index in [4.69, 9.17) is 0 Å². The van der Waals surface area contributed by atoms with Crippen LogP contribution in [0.15, 0.2) is 91.3 Å². The molecular formula is C37H34F2N4O4S. The summed E-state index contributed by atoms with van der Waals surface area (Å²) in [6.45, 7) is 7.51. The summed E-state index contributed by atoms with van der Waals surface area (Å²) in [7, 11) is 0. The third-order valence-electron chi connectivity index (χ3n) is 7.68. The Balaban J connectivity index is 1.28. The highest BCUT2D eigenvalue weighted by Gasteiger charge is 2.26. The Morgan fingerprint density at radius 2 is 1.44 bits per heavy atom. The molecule has 0 fully saturated rings. The Labute approximate surface area is 280 Å². The van der Waals surface area contributed by atoms with Crippen molar-refractivity contribution in [3.05, 3.63) is 118 Å². The Kier molecular flexibility index (Phi) is 10.1. The number of thiophene rings is 1. The molecule has 0 unspecified atom stereocenters. The van der Waals surface area contributed by atoms with Crippen LogP contribution in [0.5, 0.6) is 0 Å². The molecule has 5 rings (SSSR count). The first kappa shape index (κ1) is 34.1. The lowest BCUT2D eigenvalue weighted by Crippen LogP contribution is -2.51. The molecule has 3 N–H and O–H groups in total. The molecule has 2 aromatic heterocycles. The van der Waals surface area contributed by atoms with Gasteiger partial charge in [-0.2, -0.15) is 0 Å². The Hall–Kier alpha value is -5.29. The van der Waals surface area contributed by atoms with Crippen molar-refractivity contribution < 1.29 is 28.3 Å². The van der Waals surface area contributed by atoms with Crippen molar-refractivity contribution in [3.63, 3.8) is 0 Å². The molecule has 11 heteroatoms. The monoisotopic (exact) mass is 668 g/mol. The van der Waals surface area contributed by atoms with E-state index in [9.17, 15) is 28.3 Å². The van der Waals surface area contributed by atoms with E-state index >= 15 is 0 Å². The minimum Gasteiger partial charge on any atom is -0.480 e. The second-order valence-corrected chi connectivity index (χ2v) is 13.5. The maximum Gasteiger partial charge on any atom is 0.325 e. The average Bonchev–Trinajstić information content (AvgIpc) is 3.57. The number of aromatic nitrogens is 2. The maximum atomic E-state index is 14.2. The van der Waals surface area contributed by atoms with Gasteiger partial charge < -0.3 is 15.7 Å². The van der Waals surface area contributed by atoms with Crippen LogP contribution in [0.25, 0.3) is 33.6 Å². The molecule has 0 aliphatic carbocycles. The fraction of sp³-hybridized carbons (Fsp3) is 0.216. The van der Waals surface area contributed by atoms with E-state index in [0.717, 1.165) is 33.2 Å². The van der Waals surface area contributed by atoms with Crippen LogP contribution in [0, 0.1) is 11.6 Å². The van der Waals surface area contributed by atoms with Crippen LogP contribution in [0.2, 0.25) is 0 Å². The third kappa shape index (κ3) is 8.16. The zero-order valence-corrected chi connectivity index (χ0v) is 27.6. The van der Waals surface area contributed by atoms with Gasteiger partial charge in [-0.3, -0.25) is 14.4 Å². The van der Waals surface area contributed by atoms with Gasteiger partial charge in [0.15, 0.2) is 5.82 Å². The lowest BCUT2D eigenvalue weighted by atomic mass is 9.95. The molecule has 0 saturated heterocycles. The van der Waals surface area contributed by atoms with E-state index in [2.05, 4.69) is 20.6 Å². The molecule has 0 aliphatic heterocycles. The summed E-state index contributed by atoms with van der Waals surface area (Å²) >= 11 is 1.35. The maximum absolute atomic E-state index is 14.2. The smallest absolute Gasteiger partial charge is 0.325 e. The van der Waals surface area contributed by atoms with Crippen molar-refractivity contribution in [2.45, 2.75) is 51.6 Å². The summed E-state index contributed by atoms with van der Waals surface area (Å²) in [6.07, 6.45) is 3.48. The molecule has 2 amide bonds. The highest BCUT2D eigenvalue weighted by Crippen LogP contribution is 2.30. The van der Waals surface area contributed by atoms with Gasteiger partial charge in [0.25, 0.3) is 5.91 Å². The van der Waals surface area contributed by atoms with Crippen LogP contribution in [0.3, 0.4) is 0 Å². The van der Waals surface area contributed by atoms with Crippen molar-refractivity contribution in [2.24, 2.45) is 0 Å². The molecule has 5 aromatic rings. The number of carboxylic acids is 1. The van der Waals surface area contributed by atoms with Crippen molar-refractivity contribution in [3.8, 4) is 33.6 Å². The minimum absolute atomic E-state index is 0.124. The first-order valence-electron chi connectivity index (χ1n) is 15.2. The number of hydrogen-bond acceptors (Lipinski definition) is 6. The molecule has 246 valence electrons. The van der Waals surface area contributed by atoms with Gasteiger partial charge >= 0.3 is 5.97 Å². The number of nitrogens with zero attached hydrogens (tertiary/aromatic N) is 2. The average molecular weight is 669 g/mol. The van der Waals surface area contributed by atoms with E-state index in [1.807, 2.05) is 51.1 Å². The normalized spacial score (nSPS) is 12.6. The molecular weight excluding hydrogens is 634 g/mol. The van der Waals surface area contributed by atoms with Crippen LogP contribution in [0.1, 0.15) is 47.8 Å². The molecule has 0 spiro atoms. The van der Waals surface area contributed by atoms with Gasteiger partial charge in [0, 0.05) is 46.4 Å². The van der Waals surface area contributed by atoms with Crippen molar-refractivity contribution >= 4 is 29.1 Å². The number of rotatable bonds is 10. The highest BCUT2D eigenvalue weighted by molar-refractivity contribution is 7.14. The topological polar surface area (TPSA) is 121 Å². The molecule has 0 aliphatic rings. The van der Waals surface area contributed by atoms with E-state index in [-0.39, 0.29) is 11.8 Å². The molecule has 8 nitrogen and oxygen atoms in total. The predicted octanol–water partition coefficient (Wildman–Crippen LogP) is 7.05. The van der Waals surface area contributed by atoms with Gasteiger partial charge in [0.2, 0.25) is 5.91 Å². The second kappa shape index (κ2) is 14.2. The van der Waals surface area contributed by atoms with Gasteiger partial charge in [-0.05, 0) is 53.3 Å². The zero-order chi connectivity index (χ0) is 34.6. The number of carbonyl (C=O) groups is 3. The fourth-order valence-electron chi connectivity index (χ4n) is 4.89. The fourth-order valence-corrected chi connectivity index (χ4v) is 5.86. The van der Waals surface area contributed by atoms with Gasteiger partial charge in [0.1, 0.15) is 23.7 Å². The zero-order valence-electron chi connectivity index (χ0n) is 26.8. The number of carbonyl (C=O) groups excluding carboxylic acids is 2. The van der Waals surface area contributed by atoms with E-state index in [1.54, 1.807) is 42.7 Å². The number of benzene rings is 3. The van der Waals surface area contributed by atoms with Gasteiger partial charge in [-0.1, -0.05) is 69.3 Å². The van der Waals surface area contributed by atoms with Crippen molar-refractivity contribution in [1.82, 2.24) is 20.6 Å². The molecule has 2 atom stereocenters. The molecule has 48 heavy (non-hydrogen) atoms. The second-order valence-electron chi connectivity index (χ2n) is 12.4. The summed E-state index contributed by atoms with van der Waals surface area (Å²) in [4.78, 5) is 48.1. The van der Waals surface area contributed by atoms with Gasteiger partial charge in [0.05, 0.1) is 4.88 Å². The number of aliphatic carboxylic acids is 1. The lowest BCUT2D eigenvalue weighted by molar-refractivity contribution is -0.141. The molecule has 3 aromatic carbocycles. The van der Waals surface area contributed by atoms with Crippen molar-refractivity contribution in [1.29, 1.82) is 0 Å². The van der Waals surface area contributed by atoms with E-state index in [0.29, 0.717) is 21.8 Å². The molecule has 2 heterocycles. The SMILES string of the molecule is C[C@@H](NC(=O)[C@H](Cc1ccc(-c2ncc(-c3ccc(-c4ccc(F)cc4F)cc3)cn2)cc1)NC(=O)c1ccc(C(C)(C)C)s1)C(=O)O. The number of nitrogens with one attached hydrogen (secondary N) is 2. The number of hydrogen-bond donors (Lipinski definition) is 3. The molecule has 0 radical (unpaired) electrons. The van der Waals surface area contributed by atoms with Crippen LogP contribution in [0.4, 0.5) is 8.78 Å². The number of carboxylic acid groups (broad SMARTS) is 1. The van der Waals surface area contributed by atoms with Gasteiger partial charge in [-0.25, -0.2) is 18.7 Å². The first-order valence-corrected chi connectivity index (χ1v) is 16.0. The van der Waals surface area contributed by atoms with Gasteiger partial charge in [-0.15, -0.1) is 11.3 Å². The summed E-state index contributed by atoms with van der Waals surface area (Å²) in [5.74, 6) is -3.00. The largest absolute Gasteiger partial charge is 0.480 e. The Morgan fingerprint density at radius 3 is 2.02 bits per heavy atom. The molecule has 0 saturated carbocycles. The summed E-state index contributed by atoms with van der Waals surface area (Å²) < 4.78 is 27.5. The number of halogens is 2. The highest BCUT2D eigenvalue weighted by atomic mass is 32.1. The Morgan fingerprint density at radius 1 is 0.812 bits per heavy atom. The Bertz CT molecular complexity index is 1940. The van der Waals surface area contributed by atoms with Crippen molar-refractivity contribution in [2.75, 3.05) is 0 Å². The minimum atomic E-state index is -1.19. The van der Waals surface area contributed by atoms with Crippen LogP contribution < -0.4 is 10.6 Å². The van der Waals surface area contributed by atoms with Crippen LogP contribution >= 0.6 is 11.3 Å². The van der Waals surface area contributed by atoms with E-state index < -0.39 is 41.5 Å². The molecule has 0 bridgehead atoms. The quantitative estimate of drug-likeness (QED) is 0.147. The van der Waals surface area contributed by atoms with Crippen LogP contribution in [-0.2, 0) is 21.4 Å².